The number of non-ortho nitro benzene ring substituents is 1. The highest BCUT2D eigenvalue weighted by Gasteiger charge is 2.39. The predicted octanol–water partition coefficient (Wildman–Crippen LogP) is 1.13. The van der Waals surface area contributed by atoms with Gasteiger partial charge in [-0.1, -0.05) is 0 Å². The summed E-state index contributed by atoms with van der Waals surface area (Å²) >= 11 is 0. The number of amides is 2. The Morgan fingerprint density at radius 3 is 2.74 bits per heavy atom. The maximum atomic E-state index is 12.0. The first-order valence-electron chi connectivity index (χ1n) is 7.56. The molecule has 1 heterocycles. The van der Waals surface area contributed by atoms with Gasteiger partial charge < -0.3 is 15.5 Å². The van der Waals surface area contributed by atoms with E-state index in [0.717, 1.165) is 12.8 Å². The summed E-state index contributed by atoms with van der Waals surface area (Å²) in [4.78, 5) is 36.2. The monoisotopic (exact) mass is 318 g/mol. The van der Waals surface area contributed by atoms with E-state index in [4.69, 9.17) is 0 Å². The van der Waals surface area contributed by atoms with Crippen molar-refractivity contribution in [2.45, 2.75) is 31.3 Å². The molecule has 0 spiro atoms. The van der Waals surface area contributed by atoms with Crippen molar-refractivity contribution in [1.29, 1.82) is 0 Å². The average Bonchev–Trinajstić information content (AvgIpc) is 3.30. The van der Waals surface area contributed by atoms with Crippen molar-refractivity contribution in [2.24, 2.45) is 0 Å². The Balaban J connectivity index is 1.80. The molecule has 1 atom stereocenters. The summed E-state index contributed by atoms with van der Waals surface area (Å²) < 4.78 is 0. The minimum Gasteiger partial charge on any atom is -0.379 e. The molecule has 23 heavy (non-hydrogen) atoms. The summed E-state index contributed by atoms with van der Waals surface area (Å²) in [5, 5.41) is 16.6. The highest BCUT2D eigenvalue weighted by Crippen LogP contribution is 2.32. The summed E-state index contributed by atoms with van der Waals surface area (Å²) in [5.74, 6) is -0.284. The molecule has 0 aromatic heterocycles. The number of likely N-dealkylation sites (tertiary alicyclic amines) is 1. The van der Waals surface area contributed by atoms with Crippen LogP contribution < -0.4 is 10.6 Å². The van der Waals surface area contributed by atoms with E-state index in [1.54, 1.807) is 0 Å². The Labute approximate surface area is 133 Å². The Bertz CT molecular complexity index is 671. The standard InChI is InChI=1S/C15H18N4O4/c1-16-15(21)12-7-11(19(22)23)4-5-13(12)17-9-6-14(20)18(8-9)10-2-3-10/h4-5,7,9-10,17H,2-3,6,8H2,1H3,(H,16,21). The van der Waals surface area contributed by atoms with Crippen molar-refractivity contribution in [1.82, 2.24) is 10.2 Å². The van der Waals surface area contributed by atoms with Crippen LogP contribution in [0.5, 0.6) is 0 Å². The number of hydrogen-bond donors (Lipinski definition) is 2. The average molecular weight is 318 g/mol. The number of carbonyl (C=O) groups is 2. The highest BCUT2D eigenvalue weighted by molar-refractivity contribution is 6.00. The lowest BCUT2D eigenvalue weighted by molar-refractivity contribution is -0.384. The van der Waals surface area contributed by atoms with Crippen molar-refractivity contribution >= 4 is 23.2 Å². The Morgan fingerprint density at radius 2 is 2.13 bits per heavy atom. The minimum atomic E-state index is -0.538. The molecule has 2 aliphatic rings. The fourth-order valence-corrected chi connectivity index (χ4v) is 2.88. The quantitative estimate of drug-likeness (QED) is 0.625. The number of benzene rings is 1. The molecule has 8 nitrogen and oxygen atoms in total. The molecule has 0 bridgehead atoms. The van der Waals surface area contributed by atoms with E-state index in [9.17, 15) is 19.7 Å². The van der Waals surface area contributed by atoms with Gasteiger partial charge in [0.25, 0.3) is 11.6 Å². The van der Waals surface area contributed by atoms with Gasteiger partial charge in [0, 0.05) is 43.9 Å². The van der Waals surface area contributed by atoms with E-state index in [1.807, 2.05) is 4.90 Å². The Kier molecular flexibility index (Phi) is 3.89. The number of nitro groups is 1. The van der Waals surface area contributed by atoms with Crippen molar-refractivity contribution < 1.29 is 14.5 Å². The van der Waals surface area contributed by atoms with Crippen LogP contribution >= 0.6 is 0 Å². The van der Waals surface area contributed by atoms with Crippen LogP contribution in [0.25, 0.3) is 0 Å². The summed E-state index contributed by atoms with van der Waals surface area (Å²) in [7, 11) is 1.47. The van der Waals surface area contributed by atoms with Crippen LogP contribution in [0.2, 0.25) is 0 Å². The van der Waals surface area contributed by atoms with Crippen molar-refractivity contribution in [2.75, 3.05) is 18.9 Å². The number of nitrogens with one attached hydrogen (secondary N) is 2. The zero-order chi connectivity index (χ0) is 16.6. The maximum absolute atomic E-state index is 12.0. The number of rotatable bonds is 5. The smallest absolute Gasteiger partial charge is 0.270 e. The van der Waals surface area contributed by atoms with Crippen molar-refractivity contribution in [3.05, 3.63) is 33.9 Å². The van der Waals surface area contributed by atoms with E-state index in [1.165, 1.54) is 25.2 Å². The van der Waals surface area contributed by atoms with Gasteiger partial charge in [-0.15, -0.1) is 0 Å². The Hall–Kier alpha value is -2.64. The third-order valence-electron chi connectivity index (χ3n) is 4.19. The predicted molar refractivity (Wildman–Crippen MR) is 83.2 cm³/mol. The van der Waals surface area contributed by atoms with E-state index < -0.39 is 10.8 Å². The van der Waals surface area contributed by atoms with Gasteiger partial charge in [0.2, 0.25) is 5.91 Å². The van der Waals surface area contributed by atoms with Crippen molar-refractivity contribution in [3.63, 3.8) is 0 Å². The second-order valence-electron chi connectivity index (χ2n) is 5.89. The van der Waals surface area contributed by atoms with Crippen LogP contribution in [0.4, 0.5) is 11.4 Å². The van der Waals surface area contributed by atoms with Crippen LogP contribution in [0.15, 0.2) is 18.2 Å². The fourth-order valence-electron chi connectivity index (χ4n) is 2.88. The summed E-state index contributed by atoms with van der Waals surface area (Å²) in [6, 6.07) is 4.39. The third kappa shape index (κ3) is 3.10. The molecule has 8 heteroatoms. The van der Waals surface area contributed by atoms with Crippen LogP contribution in [-0.4, -0.2) is 47.3 Å². The zero-order valence-electron chi connectivity index (χ0n) is 12.7. The third-order valence-corrected chi connectivity index (χ3v) is 4.19. The molecule has 122 valence electrons. The molecule has 1 saturated carbocycles. The summed E-state index contributed by atoms with van der Waals surface area (Å²) in [6.07, 6.45) is 2.49. The normalized spacial score (nSPS) is 20.5. The molecule has 2 amide bonds. The van der Waals surface area contributed by atoms with E-state index >= 15 is 0 Å². The molecule has 1 aliphatic heterocycles. The van der Waals surface area contributed by atoms with Crippen LogP contribution in [-0.2, 0) is 4.79 Å². The van der Waals surface area contributed by atoms with E-state index in [2.05, 4.69) is 10.6 Å². The van der Waals surface area contributed by atoms with Gasteiger partial charge in [0.15, 0.2) is 0 Å². The number of nitrogens with zero attached hydrogens (tertiary/aromatic N) is 2. The van der Waals surface area contributed by atoms with E-state index in [-0.39, 0.29) is 23.2 Å². The second kappa shape index (κ2) is 5.86. The SMILES string of the molecule is CNC(=O)c1cc([N+](=O)[O-])ccc1NC1CC(=O)N(C2CC2)C1. The van der Waals surface area contributed by atoms with Gasteiger partial charge in [-0.25, -0.2) is 0 Å². The molecule has 1 aromatic carbocycles. The van der Waals surface area contributed by atoms with Gasteiger partial charge in [0.05, 0.1) is 16.5 Å². The van der Waals surface area contributed by atoms with Crippen molar-refractivity contribution in [3.8, 4) is 0 Å². The lowest BCUT2D eigenvalue weighted by Gasteiger charge is -2.18. The van der Waals surface area contributed by atoms with Gasteiger partial charge >= 0.3 is 0 Å². The summed E-state index contributed by atoms with van der Waals surface area (Å²) in [6.45, 7) is 0.605. The summed E-state index contributed by atoms with van der Waals surface area (Å²) in [5.41, 5.74) is 0.570. The largest absolute Gasteiger partial charge is 0.379 e. The molecule has 2 fully saturated rings. The molecule has 1 unspecified atom stereocenters. The number of hydrogen-bond acceptors (Lipinski definition) is 5. The highest BCUT2D eigenvalue weighted by atomic mass is 16.6. The number of nitro benzene ring substituents is 1. The van der Waals surface area contributed by atoms with Crippen LogP contribution in [0.3, 0.4) is 0 Å². The molecule has 1 aromatic rings. The lowest BCUT2D eigenvalue weighted by atomic mass is 10.1. The van der Waals surface area contributed by atoms with Crippen LogP contribution in [0.1, 0.15) is 29.6 Å². The molecule has 3 rings (SSSR count). The molecule has 0 radical (unpaired) electrons. The first-order valence-corrected chi connectivity index (χ1v) is 7.56. The number of carbonyl (C=O) groups excluding carboxylic acids is 2. The molecule has 2 N–H and O–H groups in total. The van der Waals surface area contributed by atoms with Crippen LogP contribution in [0, 0.1) is 10.1 Å². The lowest BCUT2D eigenvalue weighted by Crippen LogP contribution is -2.30. The molecular formula is C15H18N4O4. The first-order chi connectivity index (χ1) is 11.0. The minimum absolute atomic E-state index is 0.0898. The van der Waals surface area contributed by atoms with Gasteiger partial charge in [-0.2, -0.15) is 0 Å². The molecule has 1 aliphatic carbocycles. The first kappa shape index (κ1) is 15.3. The van der Waals surface area contributed by atoms with Gasteiger partial charge in [0.1, 0.15) is 0 Å². The second-order valence-corrected chi connectivity index (χ2v) is 5.89. The topological polar surface area (TPSA) is 105 Å². The van der Waals surface area contributed by atoms with E-state index in [0.29, 0.717) is 24.7 Å². The number of anilines is 1. The Morgan fingerprint density at radius 1 is 1.39 bits per heavy atom. The van der Waals surface area contributed by atoms with Gasteiger partial charge in [-0.05, 0) is 18.9 Å². The molecular weight excluding hydrogens is 300 g/mol. The fraction of sp³-hybridized carbons (Fsp3) is 0.467. The maximum Gasteiger partial charge on any atom is 0.270 e. The zero-order valence-corrected chi connectivity index (χ0v) is 12.7. The van der Waals surface area contributed by atoms with Gasteiger partial charge in [-0.3, -0.25) is 19.7 Å². The molecule has 1 saturated heterocycles.